The highest BCUT2D eigenvalue weighted by atomic mass is 127. The first kappa shape index (κ1) is 21.0. The molecule has 6 heteroatoms. The normalized spacial score (nSPS) is 20.1. The second-order valence-electron chi connectivity index (χ2n) is 7.43. The summed E-state index contributed by atoms with van der Waals surface area (Å²) in [7, 11) is 3.54. The number of hydrogen-bond acceptors (Lipinski definition) is 2. The van der Waals surface area contributed by atoms with E-state index in [4.69, 9.17) is 0 Å². The lowest BCUT2D eigenvalue weighted by Gasteiger charge is -2.28. The fourth-order valence-electron chi connectivity index (χ4n) is 3.70. The third-order valence-corrected chi connectivity index (χ3v) is 5.25. The van der Waals surface area contributed by atoms with Crippen LogP contribution >= 0.6 is 24.0 Å². The maximum absolute atomic E-state index is 11.9. The Morgan fingerprint density at radius 1 is 1.08 bits per heavy atom. The predicted molar refractivity (Wildman–Crippen MR) is 117 cm³/mol. The SMILES string of the molecule is CN(C)C(=O)CN=C(NC1CCCC1)NC1CCc2ccccc2C1.I. The lowest BCUT2D eigenvalue weighted by atomic mass is 9.88. The number of carbonyl (C=O) groups excluding carboxylic acids is 1. The number of benzene rings is 1. The van der Waals surface area contributed by atoms with Gasteiger partial charge in [0, 0.05) is 26.2 Å². The van der Waals surface area contributed by atoms with Crippen molar-refractivity contribution in [3.05, 3.63) is 35.4 Å². The van der Waals surface area contributed by atoms with E-state index in [0.717, 1.165) is 25.2 Å². The van der Waals surface area contributed by atoms with Crippen molar-refractivity contribution < 1.29 is 4.79 Å². The molecule has 0 bridgehead atoms. The molecule has 144 valence electrons. The number of carbonyl (C=O) groups is 1. The van der Waals surface area contributed by atoms with Gasteiger partial charge >= 0.3 is 0 Å². The number of nitrogens with one attached hydrogen (secondary N) is 2. The molecule has 2 N–H and O–H groups in total. The Morgan fingerprint density at radius 2 is 1.73 bits per heavy atom. The topological polar surface area (TPSA) is 56.7 Å². The number of likely N-dealkylation sites (N-methyl/N-ethyl adjacent to an activating group) is 1. The number of aryl methyl sites for hydroxylation is 1. The molecule has 0 spiro atoms. The smallest absolute Gasteiger partial charge is 0.243 e. The molecule has 1 aromatic rings. The molecule has 0 saturated heterocycles. The highest BCUT2D eigenvalue weighted by molar-refractivity contribution is 14.0. The van der Waals surface area contributed by atoms with Gasteiger partial charge in [0.05, 0.1) is 0 Å². The van der Waals surface area contributed by atoms with Gasteiger partial charge in [0.25, 0.3) is 0 Å². The van der Waals surface area contributed by atoms with Crippen molar-refractivity contribution in [2.24, 2.45) is 4.99 Å². The molecule has 3 rings (SSSR count). The molecule has 1 saturated carbocycles. The summed E-state index contributed by atoms with van der Waals surface area (Å²) >= 11 is 0. The van der Waals surface area contributed by atoms with Gasteiger partial charge in [0.15, 0.2) is 5.96 Å². The van der Waals surface area contributed by atoms with Gasteiger partial charge in [0.1, 0.15) is 6.54 Å². The molecule has 0 aromatic heterocycles. The van der Waals surface area contributed by atoms with Crippen LogP contribution in [0.2, 0.25) is 0 Å². The first-order valence-electron chi connectivity index (χ1n) is 9.46. The minimum atomic E-state index is 0. The maximum Gasteiger partial charge on any atom is 0.243 e. The molecule has 2 aliphatic rings. The number of halogens is 1. The lowest BCUT2D eigenvalue weighted by molar-refractivity contribution is -0.127. The number of hydrogen-bond donors (Lipinski definition) is 2. The van der Waals surface area contributed by atoms with Gasteiger partial charge in [-0.3, -0.25) is 4.79 Å². The fraction of sp³-hybridized carbons (Fsp3) is 0.600. The van der Waals surface area contributed by atoms with E-state index >= 15 is 0 Å². The van der Waals surface area contributed by atoms with E-state index in [0.29, 0.717) is 12.1 Å². The van der Waals surface area contributed by atoms with E-state index in [9.17, 15) is 4.79 Å². The average Bonchev–Trinajstić information content (AvgIpc) is 3.12. The molecule has 0 heterocycles. The zero-order valence-electron chi connectivity index (χ0n) is 15.8. The zero-order chi connectivity index (χ0) is 17.6. The van der Waals surface area contributed by atoms with E-state index in [1.807, 2.05) is 0 Å². The molecule has 1 amide bonds. The van der Waals surface area contributed by atoms with Crippen LogP contribution in [0.5, 0.6) is 0 Å². The van der Waals surface area contributed by atoms with Gasteiger partial charge in [-0.25, -0.2) is 4.99 Å². The Morgan fingerprint density at radius 3 is 2.42 bits per heavy atom. The van der Waals surface area contributed by atoms with Gasteiger partial charge in [-0.15, -0.1) is 24.0 Å². The van der Waals surface area contributed by atoms with Crippen LogP contribution in [0.4, 0.5) is 0 Å². The van der Waals surface area contributed by atoms with Crippen LogP contribution in [-0.2, 0) is 17.6 Å². The van der Waals surface area contributed by atoms with Gasteiger partial charge in [0.2, 0.25) is 5.91 Å². The van der Waals surface area contributed by atoms with Crippen LogP contribution in [0, 0.1) is 0 Å². The number of rotatable bonds is 4. The molecule has 5 nitrogen and oxygen atoms in total. The fourth-order valence-corrected chi connectivity index (χ4v) is 3.70. The predicted octanol–water partition coefficient (Wildman–Crippen LogP) is 2.73. The Labute approximate surface area is 174 Å². The number of fused-ring (bicyclic) bond motifs is 1. The van der Waals surface area contributed by atoms with Crippen molar-refractivity contribution in [1.29, 1.82) is 0 Å². The number of nitrogens with zero attached hydrogens (tertiary/aromatic N) is 2. The van der Waals surface area contributed by atoms with Crippen molar-refractivity contribution in [3.8, 4) is 0 Å². The highest BCUT2D eigenvalue weighted by Gasteiger charge is 2.22. The van der Waals surface area contributed by atoms with E-state index in [1.165, 1.54) is 36.8 Å². The summed E-state index contributed by atoms with van der Waals surface area (Å²) in [5.41, 5.74) is 2.89. The van der Waals surface area contributed by atoms with Crippen LogP contribution in [0.3, 0.4) is 0 Å². The van der Waals surface area contributed by atoms with Crippen molar-refractivity contribution in [3.63, 3.8) is 0 Å². The molecule has 0 aliphatic heterocycles. The van der Waals surface area contributed by atoms with Crippen molar-refractivity contribution in [2.45, 2.75) is 57.0 Å². The second kappa shape index (κ2) is 10.1. The largest absolute Gasteiger partial charge is 0.354 e. The van der Waals surface area contributed by atoms with E-state index in [2.05, 4.69) is 39.9 Å². The van der Waals surface area contributed by atoms with E-state index in [1.54, 1.807) is 19.0 Å². The summed E-state index contributed by atoms with van der Waals surface area (Å²) < 4.78 is 0. The summed E-state index contributed by atoms with van der Waals surface area (Å²) in [6.07, 6.45) is 8.15. The summed E-state index contributed by atoms with van der Waals surface area (Å²) in [5, 5.41) is 7.14. The zero-order valence-corrected chi connectivity index (χ0v) is 18.2. The Balaban J connectivity index is 0.00000243. The molecular weight excluding hydrogens is 439 g/mol. The van der Waals surface area contributed by atoms with E-state index < -0.39 is 0 Å². The quantitative estimate of drug-likeness (QED) is 0.404. The third kappa shape index (κ3) is 5.86. The first-order chi connectivity index (χ1) is 12.1. The van der Waals surface area contributed by atoms with Crippen LogP contribution in [0.25, 0.3) is 0 Å². The van der Waals surface area contributed by atoms with Gasteiger partial charge in [-0.1, -0.05) is 37.1 Å². The van der Waals surface area contributed by atoms with Crippen LogP contribution in [0.15, 0.2) is 29.3 Å². The maximum atomic E-state index is 11.9. The summed E-state index contributed by atoms with van der Waals surface area (Å²) in [5.74, 6) is 0.827. The van der Waals surface area contributed by atoms with E-state index in [-0.39, 0.29) is 36.4 Å². The van der Waals surface area contributed by atoms with Crippen LogP contribution in [0.1, 0.15) is 43.2 Å². The Kier molecular flexibility index (Phi) is 8.18. The van der Waals surface area contributed by atoms with Gasteiger partial charge in [-0.05, 0) is 43.2 Å². The number of aliphatic imine (C=N–C) groups is 1. The van der Waals surface area contributed by atoms with Crippen LogP contribution in [-0.4, -0.2) is 49.5 Å². The molecule has 0 radical (unpaired) electrons. The summed E-state index contributed by atoms with van der Waals surface area (Å²) in [6.45, 7) is 0.193. The molecular formula is C20H31IN4O. The molecule has 1 atom stereocenters. The second-order valence-corrected chi connectivity index (χ2v) is 7.43. The number of amides is 1. The minimum absolute atomic E-state index is 0. The Bertz CT molecular complexity index is 626. The average molecular weight is 470 g/mol. The summed E-state index contributed by atoms with van der Waals surface area (Å²) in [6, 6.07) is 9.54. The van der Waals surface area contributed by atoms with Crippen molar-refractivity contribution in [1.82, 2.24) is 15.5 Å². The lowest BCUT2D eigenvalue weighted by Crippen LogP contribution is -2.48. The molecule has 2 aliphatic carbocycles. The van der Waals surface area contributed by atoms with Crippen LogP contribution < -0.4 is 10.6 Å². The summed E-state index contributed by atoms with van der Waals surface area (Å²) in [4.78, 5) is 18.1. The van der Waals surface area contributed by atoms with Crippen molar-refractivity contribution in [2.75, 3.05) is 20.6 Å². The molecule has 1 aromatic carbocycles. The Hall–Kier alpha value is -1.31. The monoisotopic (exact) mass is 470 g/mol. The first-order valence-corrected chi connectivity index (χ1v) is 9.46. The number of guanidine groups is 1. The minimum Gasteiger partial charge on any atom is -0.354 e. The molecule has 26 heavy (non-hydrogen) atoms. The third-order valence-electron chi connectivity index (χ3n) is 5.25. The molecule has 1 unspecified atom stereocenters. The van der Waals surface area contributed by atoms with Crippen molar-refractivity contribution >= 4 is 35.8 Å². The molecule has 1 fully saturated rings. The van der Waals surface area contributed by atoms with Gasteiger partial charge < -0.3 is 15.5 Å². The van der Waals surface area contributed by atoms with Gasteiger partial charge in [-0.2, -0.15) is 0 Å². The standard InChI is InChI=1S/C20H30N4O.HI/c1-24(2)19(25)14-21-20(22-17-9-5-6-10-17)23-18-12-11-15-7-3-4-8-16(15)13-18;/h3-4,7-8,17-18H,5-6,9-14H2,1-2H3,(H2,21,22,23);1H. The highest BCUT2D eigenvalue weighted by Crippen LogP contribution is 2.21.